The Hall–Kier alpha value is -0.370. The van der Waals surface area contributed by atoms with Gasteiger partial charge in [-0.1, -0.05) is 39.0 Å². The average molecular weight is 197 g/mol. The van der Waals surface area contributed by atoms with Gasteiger partial charge in [-0.2, -0.15) is 0 Å². The number of hydrogen-bond acceptors (Lipinski definition) is 2. The second-order valence-corrected chi connectivity index (χ2v) is 4.93. The van der Waals surface area contributed by atoms with E-state index in [2.05, 4.69) is 6.92 Å². The normalized spacial score (nSPS) is 21.4. The molecule has 82 valence electrons. The van der Waals surface area contributed by atoms with E-state index < -0.39 is 0 Å². The summed E-state index contributed by atoms with van der Waals surface area (Å²) in [5, 5.41) is 0. The van der Waals surface area contributed by atoms with Gasteiger partial charge in [0.15, 0.2) is 0 Å². The van der Waals surface area contributed by atoms with Crippen LogP contribution in [0.1, 0.15) is 52.4 Å². The molecule has 1 aliphatic carbocycles. The number of carbonyl (C=O) groups is 1. The second-order valence-electron chi connectivity index (χ2n) is 4.93. The van der Waals surface area contributed by atoms with Crippen LogP contribution in [0.3, 0.4) is 0 Å². The van der Waals surface area contributed by atoms with E-state index in [1.165, 1.54) is 32.1 Å². The highest BCUT2D eigenvalue weighted by molar-refractivity contribution is 5.81. The highest BCUT2D eigenvalue weighted by Crippen LogP contribution is 2.32. The van der Waals surface area contributed by atoms with Crippen molar-refractivity contribution in [2.75, 3.05) is 0 Å². The molecule has 2 nitrogen and oxygen atoms in total. The second kappa shape index (κ2) is 5.50. The van der Waals surface area contributed by atoms with Crippen molar-refractivity contribution in [3.63, 3.8) is 0 Å². The topological polar surface area (TPSA) is 43.1 Å². The average Bonchev–Trinajstić information content (AvgIpc) is 2.00. The first kappa shape index (κ1) is 11.7. The number of Topliss-reactive ketones (excluding diaryl/α,β-unsaturated/α-hetero) is 1. The number of ketones is 1. The van der Waals surface area contributed by atoms with Crippen LogP contribution in [0.15, 0.2) is 0 Å². The molecule has 0 aliphatic heterocycles. The van der Waals surface area contributed by atoms with Crippen molar-refractivity contribution in [2.24, 2.45) is 17.6 Å². The summed E-state index contributed by atoms with van der Waals surface area (Å²) in [6.45, 7) is 3.80. The molecule has 2 atom stereocenters. The Kier molecular flexibility index (Phi) is 4.59. The van der Waals surface area contributed by atoms with Crippen molar-refractivity contribution in [1.29, 1.82) is 0 Å². The van der Waals surface area contributed by atoms with Gasteiger partial charge in [-0.25, -0.2) is 0 Å². The summed E-state index contributed by atoms with van der Waals surface area (Å²) in [6.07, 6.45) is 7.71. The van der Waals surface area contributed by atoms with Gasteiger partial charge in [0.25, 0.3) is 0 Å². The number of rotatable bonds is 6. The zero-order valence-corrected chi connectivity index (χ0v) is 9.46. The van der Waals surface area contributed by atoms with Gasteiger partial charge in [0, 0.05) is 0 Å². The molecule has 2 N–H and O–H groups in total. The van der Waals surface area contributed by atoms with Crippen LogP contribution in [0.2, 0.25) is 0 Å². The number of nitrogens with two attached hydrogens (primary N) is 1. The summed E-state index contributed by atoms with van der Waals surface area (Å²) >= 11 is 0. The number of carbonyl (C=O) groups excluding carboxylic acids is 1. The van der Waals surface area contributed by atoms with Crippen LogP contribution in [-0.4, -0.2) is 11.8 Å². The minimum atomic E-state index is -0.230. The van der Waals surface area contributed by atoms with Gasteiger partial charge in [0.1, 0.15) is 5.78 Å². The molecule has 0 amide bonds. The van der Waals surface area contributed by atoms with Crippen molar-refractivity contribution in [1.82, 2.24) is 0 Å². The van der Waals surface area contributed by atoms with Crippen LogP contribution in [0, 0.1) is 11.8 Å². The van der Waals surface area contributed by atoms with Crippen molar-refractivity contribution >= 4 is 5.78 Å². The van der Waals surface area contributed by atoms with Gasteiger partial charge in [-0.05, 0) is 25.2 Å². The lowest BCUT2D eigenvalue weighted by atomic mass is 9.80. The lowest BCUT2D eigenvalue weighted by Crippen LogP contribution is -2.30. The quantitative estimate of drug-likeness (QED) is 0.711. The van der Waals surface area contributed by atoms with E-state index in [-0.39, 0.29) is 11.8 Å². The van der Waals surface area contributed by atoms with E-state index in [0.29, 0.717) is 5.92 Å². The minimum absolute atomic E-state index is 0.125. The molecule has 1 rings (SSSR count). The Bertz CT molecular complexity index is 187. The molecule has 0 spiro atoms. The zero-order valence-electron chi connectivity index (χ0n) is 9.46. The lowest BCUT2D eigenvalue weighted by Gasteiger charge is -2.26. The molecule has 0 bridgehead atoms. The number of hydrogen-bond donors (Lipinski definition) is 1. The van der Waals surface area contributed by atoms with Gasteiger partial charge in [0.05, 0.1) is 6.04 Å². The zero-order chi connectivity index (χ0) is 10.6. The Morgan fingerprint density at radius 3 is 2.57 bits per heavy atom. The predicted molar refractivity (Wildman–Crippen MR) is 59.0 cm³/mol. The van der Waals surface area contributed by atoms with Gasteiger partial charge in [-0.3, -0.25) is 4.79 Å². The van der Waals surface area contributed by atoms with Gasteiger partial charge in [0.2, 0.25) is 0 Å². The molecule has 0 unspecified atom stereocenters. The summed E-state index contributed by atoms with van der Waals surface area (Å²) in [6, 6.07) is -0.230. The first-order valence-electron chi connectivity index (χ1n) is 5.85. The summed E-state index contributed by atoms with van der Waals surface area (Å²) < 4.78 is 0. The molecular weight excluding hydrogens is 174 g/mol. The highest BCUT2D eigenvalue weighted by Gasteiger charge is 2.19. The Labute approximate surface area is 87.2 Å². The fraction of sp³-hybridized carbons (Fsp3) is 0.917. The van der Waals surface area contributed by atoms with Crippen LogP contribution in [0.5, 0.6) is 0 Å². The third-order valence-electron chi connectivity index (χ3n) is 3.47. The van der Waals surface area contributed by atoms with Crippen molar-refractivity contribution in [3.05, 3.63) is 0 Å². The largest absolute Gasteiger partial charge is 0.322 e. The molecule has 0 aromatic rings. The summed E-state index contributed by atoms with van der Waals surface area (Å²) in [5.74, 6) is 1.71. The monoisotopic (exact) mass is 197 g/mol. The van der Waals surface area contributed by atoms with Crippen molar-refractivity contribution in [3.8, 4) is 0 Å². The molecule has 1 fully saturated rings. The smallest absolute Gasteiger partial charge is 0.146 e. The third kappa shape index (κ3) is 3.79. The Balaban J connectivity index is 2.08. The van der Waals surface area contributed by atoms with E-state index in [1.807, 2.05) is 0 Å². The molecule has 14 heavy (non-hydrogen) atoms. The van der Waals surface area contributed by atoms with E-state index in [9.17, 15) is 4.79 Å². The molecule has 0 heterocycles. The van der Waals surface area contributed by atoms with Crippen LogP contribution < -0.4 is 5.73 Å². The molecular formula is C12H23NO. The maximum absolute atomic E-state index is 11.0. The maximum Gasteiger partial charge on any atom is 0.146 e. The molecule has 1 saturated carbocycles. The molecule has 0 aromatic heterocycles. The van der Waals surface area contributed by atoms with E-state index in [1.54, 1.807) is 6.92 Å². The fourth-order valence-electron chi connectivity index (χ4n) is 2.02. The first-order valence-corrected chi connectivity index (χ1v) is 5.85. The third-order valence-corrected chi connectivity index (χ3v) is 3.47. The summed E-state index contributed by atoms with van der Waals surface area (Å²) in [5.41, 5.74) is 5.72. The van der Waals surface area contributed by atoms with E-state index >= 15 is 0 Å². The Morgan fingerprint density at radius 2 is 2.14 bits per heavy atom. The fourth-order valence-corrected chi connectivity index (χ4v) is 2.02. The van der Waals surface area contributed by atoms with Crippen LogP contribution in [0.4, 0.5) is 0 Å². The summed E-state index contributed by atoms with van der Waals surface area (Å²) in [7, 11) is 0. The highest BCUT2D eigenvalue weighted by atomic mass is 16.1. The van der Waals surface area contributed by atoms with Crippen LogP contribution in [-0.2, 0) is 4.79 Å². The van der Waals surface area contributed by atoms with E-state index in [0.717, 1.165) is 12.3 Å². The SMILES string of the molecule is CC(=O)[C@@H](N)C[C@@H](C)CCC1CCC1. The van der Waals surface area contributed by atoms with E-state index in [4.69, 9.17) is 5.73 Å². The molecule has 0 radical (unpaired) electrons. The van der Waals surface area contributed by atoms with Gasteiger partial charge >= 0.3 is 0 Å². The molecule has 1 aliphatic rings. The maximum atomic E-state index is 11.0. The standard InChI is InChI=1S/C12H23NO/c1-9(8-12(13)10(2)14)6-7-11-4-3-5-11/h9,11-12H,3-8,13H2,1-2H3/t9-,12-/m0/s1. The molecule has 0 aromatic carbocycles. The predicted octanol–water partition coefficient (Wildman–Crippen LogP) is 2.51. The summed E-state index contributed by atoms with van der Waals surface area (Å²) in [4.78, 5) is 11.0. The minimum Gasteiger partial charge on any atom is -0.322 e. The van der Waals surface area contributed by atoms with Gasteiger partial charge < -0.3 is 5.73 Å². The lowest BCUT2D eigenvalue weighted by molar-refractivity contribution is -0.118. The first-order chi connectivity index (χ1) is 6.59. The van der Waals surface area contributed by atoms with Gasteiger partial charge in [-0.15, -0.1) is 0 Å². The Morgan fingerprint density at radius 1 is 1.50 bits per heavy atom. The van der Waals surface area contributed by atoms with Crippen molar-refractivity contribution in [2.45, 2.75) is 58.4 Å². The van der Waals surface area contributed by atoms with Crippen LogP contribution >= 0.6 is 0 Å². The molecule has 2 heteroatoms. The van der Waals surface area contributed by atoms with Crippen molar-refractivity contribution < 1.29 is 4.79 Å². The molecule has 0 saturated heterocycles. The van der Waals surface area contributed by atoms with Crippen LogP contribution in [0.25, 0.3) is 0 Å².